The Kier molecular flexibility index (Phi) is 21.1. The molecule has 388 valence electrons. The molecule has 5 rings (SSSR count). The highest BCUT2D eigenvalue weighted by atomic mass is 16.3. The average molecular weight is 987 g/mol. The Balaban J connectivity index is 1.31. The van der Waals surface area contributed by atoms with Crippen LogP contribution in [0, 0.1) is 17.8 Å². The van der Waals surface area contributed by atoms with Gasteiger partial charge < -0.3 is 57.6 Å². The smallest absolute Gasteiger partial charge is 0.246 e. The summed E-state index contributed by atoms with van der Waals surface area (Å²) in [5.41, 5.74) is 7.55. The number of amides is 8. The van der Waals surface area contributed by atoms with Gasteiger partial charge in [-0.05, 0) is 61.8 Å². The number of hydrogen-bond donors (Lipinski definition) is 10. The van der Waals surface area contributed by atoms with E-state index >= 15 is 0 Å². The maximum Gasteiger partial charge on any atom is 0.246 e. The lowest BCUT2D eigenvalue weighted by Crippen LogP contribution is -2.59. The van der Waals surface area contributed by atoms with E-state index in [1.165, 1.54) is 30.7 Å². The van der Waals surface area contributed by atoms with Crippen LogP contribution in [-0.4, -0.2) is 132 Å². The summed E-state index contributed by atoms with van der Waals surface area (Å²) in [5.74, 6) is -4.91. The Hall–Kier alpha value is -6.64. The third-order valence-corrected chi connectivity index (χ3v) is 13.0. The molecule has 2 aromatic heterocycles. The van der Waals surface area contributed by atoms with Crippen LogP contribution in [0.25, 0.3) is 0 Å². The van der Waals surface area contributed by atoms with Crippen LogP contribution >= 0.6 is 0 Å². The number of rotatable bonds is 26. The maximum absolute atomic E-state index is 14.5. The topological polar surface area (TPSA) is 316 Å². The fourth-order valence-electron chi connectivity index (χ4n) is 9.52. The van der Waals surface area contributed by atoms with Crippen molar-refractivity contribution in [2.45, 2.75) is 166 Å². The highest BCUT2D eigenvalue weighted by Crippen LogP contribution is 2.27. The summed E-state index contributed by atoms with van der Waals surface area (Å²) in [6, 6.07) is 1.62. The number of nitrogens with zero attached hydrogens (tertiary/aromatic N) is 3. The Morgan fingerprint density at radius 1 is 0.690 bits per heavy atom. The molecule has 11 N–H and O–H groups in total. The number of primary amides is 1. The molecule has 21 heteroatoms. The van der Waals surface area contributed by atoms with Gasteiger partial charge in [-0.1, -0.05) is 77.3 Å². The molecule has 3 aromatic rings. The first kappa shape index (κ1) is 55.3. The number of aromatic nitrogens is 4. The van der Waals surface area contributed by atoms with Crippen LogP contribution in [0.4, 0.5) is 0 Å². The third kappa shape index (κ3) is 17.3. The van der Waals surface area contributed by atoms with Crippen LogP contribution in [0.3, 0.4) is 0 Å². The van der Waals surface area contributed by atoms with Crippen LogP contribution in [-0.2, 0) is 57.6 Å². The normalized spacial score (nSPS) is 18.0. The molecule has 0 unspecified atom stereocenters. The summed E-state index contributed by atoms with van der Waals surface area (Å²) < 4.78 is 0. The van der Waals surface area contributed by atoms with E-state index in [1.54, 1.807) is 30.5 Å². The van der Waals surface area contributed by atoms with Crippen molar-refractivity contribution in [2.24, 2.45) is 23.5 Å². The molecule has 2 fully saturated rings. The minimum Gasteiger partial charge on any atom is -0.390 e. The molecule has 2 aliphatic rings. The van der Waals surface area contributed by atoms with Crippen molar-refractivity contribution < 1.29 is 43.5 Å². The minimum atomic E-state index is -1.43. The van der Waals surface area contributed by atoms with Gasteiger partial charge in [0.2, 0.25) is 47.3 Å². The van der Waals surface area contributed by atoms with Gasteiger partial charge in [-0.2, -0.15) is 0 Å². The molecule has 3 heterocycles. The van der Waals surface area contributed by atoms with E-state index in [9.17, 15) is 43.5 Å². The van der Waals surface area contributed by atoms with Crippen molar-refractivity contribution in [1.82, 2.24) is 56.7 Å². The molecule has 0 radical (unpaired) electrons. The van der Waals surface area contributed by atoms with E-state index in [2.05, 4.69) is 51.8 Å². The second-order valence-corrected chi connectivity index (χ2v) is 19.9. The lowest BCUT2D eigenvalue weighted by molar-refractivity contribution is -0.142. The largest absolute Gasteiger partial charge is 0.390 e. The number of carbonyl (C=O) groups is 8. The number of nitrogens with two attached hydrogens (primary N) is 1. The summed E-state index contributed by atoms with van der Waals surface area (Å²) in [7, 11) is 0. The average Bonchev–Trinajstić information content (AvgIpc) is 4.14. The fraction of sp³-hybridized carbons (Fsp3) is 0.600. The minimum absolute atomic E-state index is 0.0230. The van der Waals surface area contributed by atoms with E-state index in [0.29, 0.717) is 29.8 Å². The molecule has 21 nitrogen and oxygen atoms in total. The molecule has 1 aliphatic carbocycles. The van der Waals surface area contributed by atoms with Crippen molar-refractivity contribution >= 4 is 47.3 Å². The summed E-state index contributed by atoms with van der Waals surface area (Å²) in [6.45, 7) is 9.10. The van der Waals surface area contributed by atoms with Gasteiger partial charge in [0.05, 0.1) is 31.2 Å². The van der Waals surface area contributed by atoms with E-state index < -0.39 is 102 Å². The van der Waals surface area contributed by atoms with Crippen LogP contribution in [0.1, 0.15) is 116 Å². The van der Waals surface area contributed by atoms with Crippen LogP contribution in [0.5, 0.6) is 0 Å². The van der Waals surface area contributed by atoms with Gasteiger partial charge in [0.25, 0.3) is 0 Å². The number of aromatic amines is 2. The molecular weight excluding hydrogens is 913 g/mol. The Morgan fingerprint density at radius 2 is 1.28 bits per heavy atom. The number of benzene rings is 1. The number of likely N-dealkylation sites (tertiary alicyclic amines) is 1. The molecular formula is C50H74N12O9. The van der Waals surface area contributed by atoms with Crippen LogP contribution < -0.4 is 37.6 Å². The quantitative estimate of drug-likeness (QED) is 0.0541. The predicted octanol–water partition coefficient (Wildman–Crippen LogP) is 0.989. The van der Waals surface area contributed by atoms with Crippen molar-refractivity contribution in [3.05, 3.63) is 72.3 Å². The summed E-state index contributed by atoms with van der Waals surface area (Å²) in [5, 5.41) is 28.4. The number of carbonyl (C=O) groups excluding carboxylic acids is 8. The molecule has 0 bridgehead atoms. The summed E-state index contributed by atoms with van der Waals surface area (Å²) in [4.78, 5) is 124. The number of aliphatic hydroxyl groups is 1. The Labute approximate surface area is 415 Å². The zero-order valence-electron chi connectivity index (χ0n) is 41.6. The summed E-state index contributed by atoms with van der Waals surface area (Å²) >= 11 is 0. The third-order valence-electron chi connectivity index (χ3n) is 13.0. The molecule has 1 saturated heterocycles. The standard InChI is InChI=1S/C50H74N12O9/c1-29(2)19-36(42(64)24-43(65)57-37(20-30(3)4)48(69)61-44(45(51)66)33-15-10-7-11-16-33)58-47(68)39(22-34-25-52-27-54-34)59-46(67)38(21-32-13-8-6-9-14-32)60-49(70)41-17-12-18-62(41)50(71)40(56-31(5)63)23-35-26-53-28-55-35/h6,8-9,13-14,25-30,33,36-42,44,64H,7,10-12,15-24H2,1-5H3,(H2,51,66)(H,52,54)(H,53,55)(H,56,63)(H,57,65)(H,58,68)(H,59,67)(H,60,70)(H,61,69)/t36-,37-,38-,39-,40-,41+,42-,44-/m0/s1. The van der Waals surface area contributed by atoms with Crippen LogP contribution in [0.15, 0.2) is 55.4 Å². The van der Waals surface area contributed by atoms with Gasteiger partial charge in [-0.3, -0.25) is 38.4 Å². The molecule has 0 spiro atoms. The Bertz CT molecular complexity index is 2220. The van der Waals surface area contributed by atoms with Gasteiger partial charge in [0.15, 0.2) is 0 Å². The fourth-order valence-corrected chi connectivity index (χ4v) is 9.52. The molecule has 8 atom stereocenters. The molecule has 1 aliphatic heterocycles. The van der Waals surface area contributed by atoms with Gasteiger partial charge in [-0.25, -0.2) is 9.97 Å². The SMILES string of the molecule is CC(=O)N[C@@H](Cc1cnc[nH]1)C(=O)N1CCC[C@@H]1C(=O)N[C@@H](Cc1ccccc1)C(=O)N[C@@H](Cc1cnc[nH]1)C(=O)N[C@@H](CC(C)C)[C@@H](O)CC(=O)N[C@@H](CC(C)C)C(=O)N[C@H](C(N)=O)C1CCCCC1. The first-order chi connectivity index (χ1) is 33.9. The number of nitrogens with one attached hydrogen (secondary N) is 8. The molecule has 1 saturated carbocycles. The summed E-state index contributed by atoms with van der Waals surface area (Å²) in [6.07, 6.45) is 9.76. The van der Waals surface area contributed by atoms with Crippen LogP contribution in [0.2, 0.25) is 0 Å². The van der Waals surface area contributed by atoms with Gasteiger partial charge in [-0.15, -0.1) is 0 Å². The predicted molar refractivity (Wildman–Crippen MR) is 262 cm³/mol. The first-order valence-electron chi connectivity index (χ1n) is 24.9. The zero-order chi connectivity index (χ0) is 51.6. The lowest BCUT2D eigenvalue weighted by atomic mass is 9.83. The Morgan fingerprint density at radius 3 is 1.86 bits per heavy atom. The zero-order valence-corrected chi connectivity index (χ0v) is 41.6. The lowest BCUT2D eigenvalue weighted by Gasteiger charge is -2.31. The molecule has 1 aromatic carbocycles. The van der Waals surface area contributed by atoms with E-state index in [0.717, 1.165) is 32.1 Å². The number of aliphatic hydroxyl groups excluding tert-OH is 1. The van der Waals surface area contributed by atoms with Gasteiger partial charge >= 0.3 is 0 Å². The number of imidazole rings is 2. The van der Waals surface area contributed by atoms with Crippen molar-refractivity contribution in [2.75, 3.05) is 6.54 Å². The first-order valence-corrected chi connectivity index (χ1v) is 24.9. The van der Waals surface area contributed by atoms with Gasteiger partial charge in [0, 0.05) is 56.5 Å². The highest BCUT2D eigenvalue weighted by molar-refractivity contribution is 5.96. The molecule has 71 heavy (non-hydrogen) atoms. The van der Waals surface area contributed by atoms with Crippen molar-refractivity contribution in [3.8, 4) is 0 Å². The van der Waals surface area contributed by atoms with E-state index in [1.807, 2.05) is 33.8 Å². The number of hydrogen-bond acceptors (Lipinski definition) is 11. The van der Waals surface area contributed by atoms with Crippen molar-refractivity contribution in [3.63, 3.8) is 0 Å². The maximum atomic E-state index is 14.5. The second kappa shape index (κ2) is 27.1. The van der Waals surface area contributed by atoms with E-state index in [-0.39, 0.29) is 56.4 Å². The second-order valence-electron chi connectivity index (χ2n) is 19.9. The van der Waals surface area contributed by atoms with Crippen molar-refractivity contribution in [1.29, 1.82) is 0 Å². The van der Waals surface area contributed by atoms with Gasteiger partial charge in [0.1, 0.15) is 36.3 Å². The molecule has 8 amide bonds. The van der Waals surface area contributed by atoms with E-state index in [4.69, 9.17) is 5.73 Å². The number of H-pyrrole nitrogens is 2. The monoisotopic (exact) mass is 987 g/mol. The highest BCUT2D eigenvalue weighted by Gasteiger charge is 2.40.